The van der Waals surface area contributed by atoms with Crippen LogP contribution < -0.4 is 0 Å². The Morgan fingerprint density at radius 3 is 2.57 bits per heavy atom. The van der Waals surface area contributed by atoms with Gasteiger partial charge in [-0.1, -0.05) is 45.3 Å². The van der Waals surface area contributed by atoms with Crippen LogP contribution in [0.25, 0.3) is 0 Å². The maximum absolute atomic E-state index is 11.1. The van der Waals surface area contributed by atoms with Gasteiger partial charge in [0.2, 0.25) is 0 Å². The van der Waals surface area contributed by atoms with Gasteiger partial charge in [-0.15, -0.1) is 0 Å². The van der Waals surface area contributed by atoms with E-state index in [-0.39, 0.29) is 5.97 Å². The Labute approximate surface area is 87.3 Å². The van der Waals surface area contributed by atoms with Crippen LogP contribution in [0.2, 0.25) is 0 Å². The zero-order chi connectivity index (χ0) is 10.6. The third-order valence-corrected chi connectivity index (χ3v) is 1.95. The topological polar surface area (TPSA) is 26.3 Å². The van der Waals surface area contributed by atoms with Crippen molar-refractivity contribution < 1.29 is 9.53 Å². The fraction of sp³-hybridized carbons (Fsp3) is 0.750. The van der Waals surface area contributed by atoms with Gasteiger partial charge in [0.15, 0.2) is 0 Å². The summed E-state index contributed by atoms with van der Waals surface area (Å²) in [5.41, 5.74) is 0. The van der Waals surface area contributed by atoms with Gasteiger partial charge in [0.1, 0.15) is 6.61 Å². The van der Waals surface area contributed by atoms with Crippen LogP contribution in [0.15, 0.2) is 12.2 Å². The van der Waals surface area contributed by atoms with E-state index in [0.717, 1.165) is 32.1 Å². The number of hydrogen-bond acceptors (Lipinski definition) is 2. The third kappa shape index (κ3) is 9.30. The molecule has 0 aliphatic rings. The third-order valence-electron chi connectivity index (χ3n) is 1.95. The second-order valence-corrected chi connectivity index (χ2v) is 3.40. The van der Waals surface area contributed by atoms with Crippen LogP contribution in [0.3, 0.4) is 0 Å². The predicted molar refractivity (Wildman–Crippen MR) is 59.1 cm³/mol. The second kappa shape index (κ2) is 10.3. The maximum Gasteiger partial charge on any atom is 0.306 e. The van der Waals surface area contributed by atoms with Gasteiger partial charge in [-0.2, -0.15) is 0 Å². The Hall–Kier alpha value is -0.790. The molecule has 0 N–H and O–H groups in total. The molecule has 0 rings (SSSR count). The van der Waals surface area contributed by atoms with Crippen molar-refractivity contribution in [3.63, 3.8) is 0 Å². The predicted octanol–water partition coefficient (Wildman–Crippen LogP) is 3.47. The van der Waals surface area contributed by atoms with Gasteiger partial charge < -0.3 is 4.74 Å². The van der Waals surface area contributed by atoms with Gasteiger partial charge in [0, 0.05) is 6.42 Å². The molecule has 0 bridgehead atoms. The molecule has 0 atom stereocenters. The van der Waals surface area contributed by atoms with E-state index in [4.69, 9.17) is 4.74 Å². The summed E-state index contributed by atoms with van der Waals surface area (Å²) >= 11 is 0. The normalized spacial score (nSPS) is 10.7. The lowest BCUT2D eigenvalue weighted by Gasteiger charge is -2.00. The summed E-state index contributed by atoms with van der Waals surface area (Å²) in [4.78, 5) is 11.1. The fourth-order valence-corrected chi connectivity index (χ4v) is 1.09. The minimum atomic E-state index is -0.0698. The average molecular weight is 198 g/mol. The lowest BCUT2D eigenvalue weighted by molar-refractivity contribution is -0.142. The molecule has 0 heterocycles. The number of rotatable bonds is 8. The summed E-state index contributed by atoms with van der Waals surface area (Å²) in [6, 6.07) is 0. The maximum atomic E-state index is 11.1. The summed E-state index contributed by atoms with van der Waals surface area (Å²) in [5.74, 6) is -0.0698. The highest BCUT2D eigenvalue weighted by atomic mass is 16.5. The first-order valence-electron chi connectivity index (χ1n) is 5.61. The molecule has 0 aromatic rings. The highest BCUT2D eigenvalue weighted by Gasteiger charge is 1.99. The molecule has 0 radical (unpaired) electrons. The Kier molecular flexibility index (Phi) is 9.71. The molecule has 0 aliphatic carbocycles. The number of ether oxygens (including phenoxy) is 1. The van der Waals surface area contributed by atoms with Crippen molar-refractivity contribution in [2.45, 2.75) is 52.4 Å². The SMILES string of the molecule is CCCC=CCOC(=O)CCCCC. The molecule has 0 unspecified atom stereocenters. The lowest BCUT2D eigenvalue weighted by atomic mass is 10.2. The Morgan fingerprint density at radius 1 is 1.14 bits per heavy atom. The standard InChI is InChI=1S/C12H22O2/c1-3-5-7-9-11-14-12(13)10-8-6-4-2/h7,9H,3-6,8,10-11H2,1-2H3. The summed E-state index contributed by atoms with van der Waals surface area (Å²) in [5, 5.41) is 0. The largest absolute Gasteiger partial charge is 0.461 e. The molecule has 0 aromatic heterocycles. The first-order valence-corrected chi connectivity index (χ1v) is 5.61. The van der Waals surface area contributed by atoms with Crippen LogP contribution in [0.4, 0.5) is 0 Å². The van der Waals surface area contributed by atoms with Crippen LogP contribution in [0.1, 0.15) is 52.4 Å². The van der Waals surface area contributed by atoms with Crippen molar-refractivity contribution in [2.24, 2.45) is 0 Å². The Morgan fingerprint density at radius 2 is 1.93 bits per heavy atom. The van der Waals surface area contributed by atoms with Crippen LogP contribution in [-0.2, 0) is 9.53 Å². The van der Waals surface area contributed by atoms with Gasteiger partial charge in [0.25, 0.3) is 0 Å². The molecule has 2 nitrogen and oxygen atoms in total. The van der Waals surface area contributed by atoms with Crippen molar-refractivity contribution >= 4 is 5.97 Å². The second-order valence-electron chi connectivity index (χ2n) is 3.40. The summed E-state index contributed by atoms with van der Waals surface area (Å²) in [7, 11) is 0. The Balaban J connectivity index is 3.26. The van der Waals surface area contributed by atoms with E-state index in [9.17, 15) is 4.79 Å². The average Bonchev–Trinajstić information content (AvgIpc) is 2.18. The molecular formula is C12H22O2. The minimum absolute atomic E-state index is 0.0698. The molecule has 0 saturated heterocycles. The number of carbonyl (C=O) groups is 1. The molecule has 14 heavy (non-hydrogen) atoms. The number of allylic oxidation sites excluding steroid dienone is 1. The fourth-order valence-electron chi connectivity index (χ4n) is 1.09. The van der Waals surface area contributed by atoms with Crippen LogP contribution in [-0.4, -0.2) is 12.6 Å². The molecule has 2 heteroatoms. The molecule has 0 saturated carbocycles. The molecule has 0 aromatic carbocycles. The van der Waals surface area contributed by atoms with Gasteiger partial charge >= 0.3 is 5.97 Å². The smallest absolute Gasteiger partial charge is 0.306 e. The van der Waals surface area contributed by atoms with E-state index in [1.165, 1.54) is 0 Å². The van der Waals surface area contributed by atoms with Crippen molar-refractivity contribution in [3.05, 3.63) is 12.2 Å². The van der Waals surface area contributed by atoms with Gasteiger partial charge in [-0.05, 0) is 12.8 Å². The first-order chi connectivity index (χ1) is 6.81. The molecule has 82 valence electrons. The minimum Gasteiger partial charge on any atom is -0.461 e. The van der Waals surface area contributed by atoms with Gasteiger partial charge in [0.05, 0.1) is 0 Å². The molecular weight excluding hydrogens is 176 g/mol. The summed E-state index contributed by atoms with van der Waals surface area (Å²) in [6.07, 6.45) is 9.95. The van der Waals surface area contributed by atoms with Crippen molar-refractivity contribution in [1.82, 2.24) is 0 Å². The highest BCUT2D eigenvalue weighted by molar-refractivity contribution is 5.69. The number of carbonyl (C=O) groups excluding carboxylic acids is 1. The first kappa shape index (κ1) is 13.2. The van der Waals surface area contributed by atoms with Crippen molar-refractivity contribution in [3.8, 4) is 0 Å². The number of esters is 1. The quantitative estimate of drug-likeness (QED) is 0.339. The number of unbranched alkanes of at least 4 members (excludes halogenated alkanes) is 3. The van der Waals surface area contributed by atoms with Crippen LogP contribution in [0.5, 0.6) is 0 Å². The van der Waals surface area contributed by atoms with Crippen LogP contribution in [0, 0.1) is 0 Å². The zero-order valence-electron chi connectivity index (χ0n) is 9.42. The van der Waals surface area contributed by atoms with E-state index in [0.29, 0.717) is 13.0 Å². The highest BCUT2D eigenvalue weighted by Crippen LogP contribution is 2.00. The van der Waals surface area contributed by atoms with Gasteiger partial charge in [-0.3, -0.25) is 4.79 Å². The Bertz CT molecular complexity index is 162. The van der Waals surface area contributed by atoms with E-state index in [1.54, 1.807) is 0 Å². The van der Waals surface area contributed by atoms with E-state index < -0.39 is 0 Å². The van der Waals surface area contributed by atoms with E-state index in [1.807, 2.05) is 6.08 Å². The molecule has 0 spiro atoms. The molecule has 0 amide bonds. The van der Waals surface area contributed by atoms with E-state index in [2.05, 4.69) is 19.9 Å². The lowest BCUT2D eigenvalue weighted by Crippen LogP contribution is -2.03. The zero-order valence-corrected chi connectivity index (χ0v) is 9.42. The summed E-state index contributed by atoms with van der Waals surface area (Å²) < 4.78 is 5.01. The van der Waals surface area contributed by atoms with Gasteiger partial charge in [-0.25, -0.2) is 0 Å². The van der Waals surface area contributed by atoms with Crippen molar-refractivity contribution in [2.75, 3.05) is 6.61 Å². The molecule has 0 fully saturated rings. The summed E-state index contributed by atoms with van der Waals surface area (Å²) in [6.45, 7) is 4.69. The van der Waals surface area contributed by atoms with Crippen molar-refractivity contribution in [1.29, 1.82) is 0 Å². The van der Waals surface area contributed by atoms with E-state index >= 15 is 0 Å². The monoisotopic (exact) mass is 198 g/mol. The van der Waals surface area contributed by atoms with Crippen LogP contribution >= 0.6 is 0 Å². The molecule has 0 aliphatic heterocycles. The number of hydrogen-bond donors (Lipinski definition) is 0.